The van der Waals surface area contributed by atoms with Crippen LogP contribution in [-0.4, -0.2) is 18.6 Å². The van der Waals surface area contributed by atoms with Crippen LogP contribution in [0.3, 0.4) is 0 Å². The van der Waals surface area contributed by atoms with Crippen molar-refractivity contribution in [3.63, 3.8) is 0 Å². The second kappa shape index (κ2) is 7.61. The fourth-order valence-corrected chi connectivity index (χ4v) is 3.05. The molecule has 1 aliphatic carbocycles. The van der Waals surface area contributed by atoms with Crippen LogP contribution in [0.25, 0.3) is 0 Å². The Bertz CT molecular complexity index is 695. The SMILES string of the molecule is C=C1C(C)C(=O)C(C)=C(N=C(C)CCc2ccc(OC)cc2)C1C. The first-order chi connectivity index (χ1) is 11.3. The van der Waals surface area contributed by atoms with Gasteiger partial charge >= 0.3 is 0 Å². The van der Waals surface area contributed by atoms with Gasteiger partial charge in [0.2, 0.25) is 0 Å². The second-order valence-electron chi connectivity index (χ2n) is 6.59. The first kappa shape index (κ1) is 18.2. The van der Waals surface area contributed by atoms with E-state index in [0.29, 0.717) is 0 Å². The summed E-state index contributed by atoms with van der Waals surface area (Å²) in [5.41, 5.74) is 4.93. The number of methoxy groups -OCH3 is 1. The third-order valence-electron chi connectivity index (χ3n) is 4.92. The van der Waals surface area contributed by atoms with Gasteiger partial charge in [-0.15, -0.1) is 0 Å². The molecule has 0 saturated heterocycles. The number of aryl methyl sites for hydroxylation is 1. The van der Waals surface area contributed by atoms with E-state index in [-0.39, 0.29) is 17.6 Å². The number of rotatable bonds is 5. The summed E-state index contributed by atoms with van der Waals surface area (Å²) < 4.78 is 5.18. The van der Waals surface area contributed by atoms with Gasteiger partial charge in [0, 0.05) is 23.1 Å². The first-order valence-corrected chi connectivity index (χ1v) is 8.46. The van der Waals surface area contributed by atoms with E-state index in [2.05, 4.69) is 25.6 Å². The van der Waals surface area contributed by atoms with Crippen LogP contribution in [0.2, 0.25) is 0 Å². The number of aliphatic imine (C=N–C) groups is 1. The van der Waals surface area contributed by atoms with Gasteiger partial charge in [-0.3, -0.25) is 9.79 Å². The summed E-state index contributed by atoms with van der Waals surface area (Å²) in [5, 5.41) is 0. The van der Waals surface area contributed by atoms with E-state index < -0.39 is 0 Å². The molecule has 0 fully saturated rings. The van der Waals surface area contributed by atoms with Crippen molar-refractivity contribution in [2.24, 2.45) is 16.8 Å². The molecule has 2 atom stereocenters. The van der Waals surface area contributed by atoms with Crippen LogP contribution in [0.4, 0.5) is 0 Å². The predicted molar refractivity (Wildman–Crippen MR) is 99.6 cm³/mol. The summed E-state index contributed by atoms with van der Waals surface area (Å²) in [6.45, 7) is 12.0. The molecule has 1 aromatic rings. The number of Topliss-reactive ketones (excluding diaryl/α,β-unsaturated/α-hetero) is 1. The number of benzene rings is 1. The molecule has 0 heterocycles. The molecule has 1 aromatic carbocycles. The minimum absolute atomic E-state index is 0.0986. The van der Waals surface area contributed by atoms with E-state index in [1.165, 1.54) is 5.56 Å². The Morgan fingerprint density at radius 2 is 1.83 bits per heavy atom. The van der Waals surface area contributed by atoms with Crippen molar-refractivity contribution < 1.29 is 9.53 Å². The van der Waals surface area contributed by atoms with Crippen molar-refractivity contribution in [1.82, 2.24) is 0 Å². The highest BCUT2D eigenvalue weighted by Crippen LogP contribution is 2.35. The van der Waals surface area contributed by atoms with Crippen LogP contribution >= 0.6 is 0 Å². The Kier molecular flexibility index (Phi) is 5.76. The molecule has 3 heteroatoms. The molecule has 0 radical (unpaired) electrons. The Morgan fingerprint density at radius 1 is 1.21 bits per heavy atom. The van der Waals surface area contributed by atoms with Crippen molar-refractivity contribution in [1.29, 1.82) is 0 Å². The molecule has 24 heavy (non-hydrogen) atoms. The Labute approximate surface area is 145 Å². The van der Waals surface area contributed by atoms with Crippen LogP contribution < -0.4 is 4.74 Å². The predicted octanol–water partition coefficient (Wildman–Crippen LogP) is 4.77. The standard InChI is InChI=1S/C21H27NO2/c1-13(7-8-18-9-11-19(24-6)12-10-18)22-20-15(3)14(2)16(4)21(23)17(20)5/h9-12,15-16H,2,7-8H2,1,3-6H3. The van der Waals surface area contributed by atoms with E-state index >= 15 is 0 Å². The fraction of sp³-hybridized carbons (Fsp3) is 0.429. The normalized spacial score (nSPS) is 22.1. The lowest BCUT2D eigenvalue weighted by Crippen LogP contribution is -2.26. The molecule has 1 aliphatic rings. The summed E-state index contributed by atoms with van der Waals surface area (Å²) in [4.78, 5) is 17.1. The number of allylic oxidation sites excluding steroid dienone is 2. The van der Waals surface area contributed by atoms with Gasteiger partial charge in [0.1, 0.15) is 5.75 Å². The molecule has 3 nitrogen and oxygen atoms in total. The number of carbonyl (C=O) groups excluding carboxylic acids is 1. The number of nitrogens with zero attached hydrogens (tertiary/aromatic N) is 1. The van der Waals surface area contributed by atoms with Crippen molar-refractivity contribution in [3.05, 3.63) is 53.3 Å². The average Bonchev–Trinajstić information content (AvgIpc) is 2.60. The third kappa shape index (κ3) is 3.84. The smallest absolute Gasteiger partial charge is 0.167 e. The molecule has 0 spiro atoms. The molecule has 0 saturated carbocycles. The summed E-state index contributed by atoms with van der Waals surface area (Å²) in [6, 6.07) is 8.10. The van der Waals surface area contributed by atoms with Crippen LogP contribution in [-0.2, 0) is 11.2 Å². The Hall–Kier alpha value is -2.16. The third-order valence-corrected chi connectivity index (χ3v) is 4.92. The van der Waals surface area contributed by atoms with Crippen molar-refractivity contribution in [3.8, 4) is 5.75 Å². The van der Waals surface area contributed by atoms with Gasteiger partial charge in [-0.2, -0.15) is 0 Å². The summed E-state index contributed by atoms with van der Waals surface area (Å²) >= 11 is 0. The van der Waals surface area contributed by atoms with Crippen LogP contribution in [0.5, 0.6) is 5.75 Å². The van der Waals surface area contributed by atoms with E-state index in [9.17, 15) is 4.79 Å². The van der Waals surface area contributed by atoms with Crippen LogP contribution in [0.15, 0.2) is 52.7 Å². The number of carbonyl (C=O) groups is 1. The monoisotopic (exact) mass is 325 g/mol. The molecule has 128 valence electrons. The number of ketones is 1. The zero-order chi connectivity index (χ0) is 17.9. The van der Waals surface area contributed by atoms with E-state index in [1.807, 2.05) is 32.9 Å². The maximum Gasteiger partial charge on any atom is 0.167 e. The number of hydrogen-bond acceptors (Lipinski definition) is 3. The molecular formula is C21H27NO2. The molecular weight excluding hydrogens is 298 g/mol. The minimum Gasteiger partial charge on any atom is -0.497 e. The highest BCUT2D eigenvalue weighted by molar-refractivity contribution is 6.01. The van der Waals surface area contributed by atoms with Gasteiger partial charge in [0.25, 0.3) is 0 Å². The molecule has 0 aliphatic heterocycles. The maximum atomic E-state index is 12.3. The van der Waals surface area contributed by atoms with Crippen molar-refractivity contribution in [2.75, 3.05) is 7.11 Å². The van der Waals surface area contributed by atoms with Crippen LogP contribution in [0.1, 0.15) is 39.7 Å². The maximum absolute atomic E-state index is 12.3. The van der Waals surface area contributed by atoms with Crippen molar-refractivity contribution >= 4 is 11.5 Å². The average molecular weight is 325 g/mol. The van der Waals surface area contributed by atoms with Crippen LogP contribution in [0, 0.1) is 11.8 Å². The minimum atomic E-state index is -0.0986. The van der Waals surface area contributed by atoms with Gasteiger partial charge in [-0.05, 0) is 44.4 Å². The van der Waals surface area contributed by atoms with Gasteiger partial charge < -0.3 is 4.74 Å². The van der Waals surface area contributed by atoms with Gasteiger partial charge in [-0.25, -0.2) is 0 Å². The molecule has 0 amide bonds. The lowest BCUT2D eigenvalue weighted by molar-refractivity contribution is -0.118. The molecule has 2 rings (SSSR count). The van der Waals surface area contributed by atoms with E-state index in [4.69, 9.17) is 9.73 Å². The zero-order valence-corrected chi connectivity index (χ0v) is 15.3. The van der Waals surface area contributed by atoms with E-state index in [0.717, 1.165) is 41.1 Å². The van der Waals surface area contributed by atoms with Crippen molar-refractivity contribution in [2.45, 2.75) is 40.5 Å². The fourth-order valence-electron chi connectivity index (χ4n) is 3.05. The number of hydrogen-bond donors (Lipinski definition) is 0. The molecule has 0 bridgehead atoms. The highest BCUT2D eigenvalue weighted by Gasteiger charge is 2.31. The highest BCUT2D eigenvalue weighted by atomic mass is 16.5. The molecule has 2 unspecified atom stereocenters. The summed E-state index contributed by atoms with van der Waals surface area (Å²) in [6.07, 6.45) is 1.79. The Morgan fingerprint density at radius 3 is 2.42 bits per heavy atom. The topological polar surface area (TPSA) is 38.7 Å². The largest absolute Gasteiger partial charge is 0.497 e. The number of ether oxygens (including phenoxy) is 1. The quantitative estimate of drug-likeness (QED) is 0.577. The van der Waals surface area contributed by atoms with Gasteiger partial charge in [0.15, 0.2) is 5.78 Å². The lowest BCUT2D eigenvalue weighted by Gasteiger charge is -2.28. The first-order valence-electron chi connectivity index (χ1n) is 8.46. The second-order valence-corrected chi connectivity index (χ2v) is 6.59. The summed E-state index contributed by atoms with van der Waals surface area (Å²) in [7, 11) is 1.67. The lowest BCUT2D eigenvalue weighted by atomic mass is 9.77. The Balaban J connectivity index is 2.11. The van der Waals surface area contributed by atoms with E-state index in [1.54, 1.807) is 7.11 Å². The molecule has 0 N–H and O–H groups in total. The summed E-state index contributed by atoms with van der Waals surface area (Å²) in [5.74, 6) is 1.05. The van der Waals surface area contributed by atoms with Gasteiger partial charge in [-0.1, -0.05) is 38.1 Å². The molecule has 0 aromatic heterocycles. The van der Waals surface area contributed by atoms with Gasteiger partial charge in [0.05, 0.1) is 12.8 Å². The zero-order valence-electron chi connectivity index (χ0n) is 15.3.